The lowest BCUT2D eigenvalue weighted by Crippen LogP contribution is -2.50. The molecule has 7 nitrogen and oxygen atoms in total. The number of fused-ring (bicyclic) bond motifs is 1. The second-order valence-corrected chi connectivity index (χ2v) is 8.18. The van der Waals surface area contributed by atoms with Gasteiger partial charge in [-0.15, -0.1) is 10.2 Å². The third-order valence-electron chi connectivity index (χ3n) is 5.77. The van der Waals surface area contributed by atoms with Crippen molar-refractivity contribution < 1.29 is 9.53 Å². The molecule has 0 aliphatic carbocycles. The lowest BCUT2D eigenvalue weighted by atomic mass is 9.90. The highest BCUT2D eigenvalue weighted by molar-refractivity contribution is 7.18. The van der Waals surface area contributed by atoms with Gasteiger partial charge in [-0.1, -0.05) is 41.7 Å². The highest BCUT2D eigenvalue weighted by atomic mass is 32.1. The first-order valence-electron chi connectivity index (χ1n) is 9.06. The number of anilines is 2. The van der Waals surface area contributed by atoms with E-state index in [4.69, 9.17) is 10.5 Å². The Morgan fingerprint density at radius 3 is 2.62 bits per heavy atom. The van der Waals surface area contributed by atoms with Gasteiger partial charge in [-0.2, -0.15) is 0 Å². The van der Waals surface area contributed by atoms with E-state index in [9.17, 15) is 4.79 Å². The molecule has 3 fully saturated rings. The van der Waals surface area contributed by atoms with Crippen molar-refractivity contribution in [3.05, 3.63) is 35.9 Å². The Morgan fingerprint density at radius 1 is 1.15 bits per heavy atom. The highest BCUT2D eigenvalue weighted by Gasteiger charge is 2.58. The minimum Gasteiger partial charge on any atom is -0.374 e. The van der Waals surface area contributed by atoms with Crippen molar-refractivity contribution in [2.45, 2.75) is 43.6 Å². The Hall–Kier alpha value is -2.19. The Balaban J connectivity index is 1.34. The van der Waals surface area contributed by atoms with Gasteiger partial charge in [0.05, 0.1) is 6.04 Å². The minimum absolute atomic E-state index is 0.0866. The third kappa shape index (κ3) is 2.39. The van der Waals surface area contributed by atoms with Gasteiger partial charge in [-0.25, -0.2) is 0 Å². The van der Waals surface area contributed by atoms with Crippen LogP contribution in [0.25, 0.3) is 0 Å². The maximum atomic E-state index is 13.3. The molecule has 8 heteroatoms. The summed E-state index contributed by atoms with van der Waals surface area (Å²) in [4.78, 5) is 17.5. The Bertz CT molecular complexity index is 818. The largest absolute Gasteiger partial charge is 0.374 e. The van der Waals surface area contributed by atoms with Crippen LogP contribution in [0.1, 0.15) is 37.3 Å². The Kier molecular flexibility index (Phi) is 3.65. The molecule has 0 radical (unpaired) electrons. The first kappa shape index (κ1) is 16.0. The summed E-state index contributed by atoms with van der Waals surface area (Å²) in [6, 6.07) is 10.4. The molecule has 3 aliphatic rings. The highest BCUT2D eigenvalue weighted by Crippen LogP contribution is 2.47. The fourth-order valence-electron chi connectivity index (χ4n) is 4.46. The maximum Gasteiger partial charge on any atom is 0.257 e. The number of carbonyl (C=O) groups excluding carboxylic acids is 1. The van der Waals surface area contributed by atoms with E-state index in [1.807, 2.05) is 23.1 Å². The summed E-state index contributed by atoms with van der Waals surface area (Å²) in [6.45, 7) is 1.47. The van der Waals surface area contributed by atoms with Crippen LogP contribution in [0.15, 0.2) is 30.3 Å². The predicted molar refractivity (Wildman–Crippen MR) is 98.6 cm³/mol. The van der Waals surface area contributed by atoms with Crippen molar-refractivity contribution in [1.29, 1.82) is 0 Å². The monoisotopic (exact) mass is 371 g/mol. The SMILES string of the molecule is Nc1nnc(N2CCC3(CC2)OC2CC[C@@H](c4ccccc4)N2C3=O)s1. The quantitative estimate of drug-likeness (QED) is 0.871. The van der Waals surface area contributed by atoms with E-state index in [2.05, 4.69) is 27.2 Å². The summed E-state index contributed by atoms with van der Waals surface area (Å²) in [6.07, 6.45) is 3.15. The van der Waals surface area contributed by atoms with Crippen LogP contribution >= 0.6 is 11.3 Å². The third-order valence-corrected chi connectivity index (χ3v) is 6.59. The summed E-state index contributed by atoms with van der Waals surface area (Å²) >= 11 is 1.39. The van der Waals surface area contributed by atoms with Crippen LogP contribution in [0.5, 0.6) is 0 Å². The van der Waals surface area contributed by atoms with Gasteiger partial charge in [0.2, 0.25) is 10.3 Å². The molecule has 2 atom stereocenters. The fraction of sp³-hybridized carbons (Fsp3) is 0.500. The molecule has 2 aromatic rings. The Labute approximate surface area is 155 Å². The smallest absolute Gasteiger partial charge is 0.257 e. The van der Waals surface area contributed by atoms with Crippen LogP contribution < -0.4 is 10.6 Å². The molecule has 1 amide bonds. The molecule has 1 aromatic heterocycles. The number of ether oxygens (including phenoxy) is 1. The van der Waals surface area contributed by atoms with E-state index >= 15 is 0 Å². The van der Waals surface area contributed by atoms with Crippen LogP contribution in [0.4, 0.5) is 10.3 Å². The summed E-state index contributed by atoms with van der Waals surface area (Å²) < 4.78 is 6.36. The molecular weight excluding hydrogens is 350 g/mol. The van der Waals surface area contributed by atoms with Crippen LogP contribution in [-0.2, 0) is 9.53 Å². The lowest BCUT2D eigenvalue weighted by Gasteiger charge is -2.37. The molecule has 2 N–H and O–H groups in total. The summed E-state index contributed by atoms with van der Waals surface area (Å²) in [7, 11) is 0. The molecule has 136 valence electrons. The van der Waals surface area contributed by atoms with E-state index in [1.165, 1.54) is 16.9 Å². The van der Waals surface area contributed by atoms with Crippen molar-refractivity contribution in [2.24, 2.45) is 0 Å². The molecule has 4 heterocycles. The van der Waals surface area contributed by atoms with Gasteiger partial charge < -0.3 is 20.3 Å². The van der Waals surface area contributed by atoms with Crippen LogP contribution in [-0.4, -0.2) is 45.9 Å². The summed E-state index contributed by atoms with van der Waals surface area (Å²) in [5.41, 5.74) is 6.21. The molecule has 0 bridgehead atoms. The Morgan fingerprint density at radius 2 is 1.92 bits per heavy atom. The van der Waals surface area contributed by atoms with E-state index in [1.54, 1.807) is 0 Å². The van der Waals surface area contributed by atoms with Gasteiger partial charge >= 0.3 is 0 Å². The number of carbonyl (C=O) groups is 1. The summed E-state index contributed by atoms with van der Waals surface area (Å²) in [5.74, 6) is 0.158. The minimum atomic E-state index is -0.676. The fourth-order valence-corrected chi connectivity index (χ4v) is 5.12. The number of rotatable bonds is 2. The summed E-state index contributed by atoms with van der Waals surface area (Å²) in [5, 5.41) is 9.30. The second-order valence-electron chi connectivity index (χ2n) is 7.19. The number of nitrogens with two attached hydrogens (primary N) is 1. The van der Waals surface area contributed by atoms with Gasteiger partial charge in [-0.05, 0) is 18.4 Å². The first-order valence-corrected chi connectivity index (χ1v) is 9.87. The zero-order chi connectivity index (χ0) is 17.7. The number of piperidine rings is 1. The maximum absolute atomic E-state index is 13.3. The van der Waals surface area contributed by atoms with E-state index in [-0.39, 0.29) is 18.2 Å². The van der Waals surface area contributed by atoms with Gasteiger partial charge in [0.15, 0.2) is 5.60 Å². The number of aromatic nitrogens is 2. The standard InChI is InChI=1S/C18H21N5O2S/c19-16-20-21-17(26-16)22-10-8-18(9-11-22)15(24)23-13(6-7-14(23)25-18)12-4-2-1-3-5-12/h1-5,13-14H,6-11H2,(H2,19,20)/t13-,14?/m0/s1. The molecule has 3 saturated heterocycles. The number of nitrogen functional groups attached to an aromatic ring is 1. The van der Waals surface area contributed by atoms with E-state index < -0.39 is 5.60 Å². The van der Waals surface area contributed by atoms with Crippen molar-refractivity contribution in [3.63, 3.8) is 0 Å². The van der Waals surface area contributed by atoms with Crippen molar-refractivity contribution in [3.8, 4) is 0 Å². The number of hydrogen-bond acceptors (Lipinski definition) is 7. The van der Waals surface area contributed by atoms with E-state index in [0.717, 1.165) is 31.1 Å². The molecule has 26 heavy (non-hydrogen) atoms. The molecular formula is C18H21N5O2S. The van der Waals surface area contributed by atoms with Crippen LogP contribution in [0.3, 0.4) is 0 Å². The number of amides is 1. The zero-order valence-electron chi connectivity index (χ0n) is 14.4. The van der Waals surface area contributed by atoms with Gasteiger partial charge in [0.1, 0.15) is 6.23 Å². The van der Waals surface area contributed by atoms with Crippen molar-refractivity contribution in [1.82, 2.24) is 15.1 Å². The molecule has 1 spiro atoms. The van der Waals surface area contributed by atoms with Crippen molar-refractivity contribution in [2.75, 3.05) is 23.7 Å². The molecule has 0 saturated carbocycles. The molecule has 1 unspecified atom stereocenters. The second kappa shape index (κ2) is 5.92. The van der Waals surface area contributed by atoms with Crippen LogP contribution in [0, 0.1) is 0 Å². The number of benzene rings is 1. The lowest BCUT2D eigenvalue weighted by molar-refractivity contribution is -0.140. The first-order chi connectivity index (χ1) is 12.7. The average molecular weight is 371 g/mol. The predicted octanol–water partition coefficient (Wildman–Crippen LogP) is 2.18. The van der Waals surface area contributed by atoms with Gasteiger partial charge in [-0.3, -0.25) is 4.79 Å². The van der Waals surface area contributed by atoms with E-state index in [0.29, 0.717) is 18.0 Å². The van der Waals surface area contributed by atoms with Crippen LogP contribution in [0.2, 0.25) is 0 Å². The van der Waals surface area contributed by atoms with Gasteiger partial charge in [0.25, 0.3) is 5.91 Å². The number of hydrogen-bond donors (Lipinski definition) is 1. The average Bonchev–Trinajstić information content (AvgIpc) is 3.34. The van der Waals surface area contributed by atoms with Gasteiger partial charge in [0, 0.05) is 25.9 Å². The normalized spacial score (nSPS) is 27.3. The molecule has 3 aliphatic heterocycles. The molecule has 5 rings (SSSR count). The topological polar surface area (TPSA) is 84.6 Å². The molecule has 1 aromatic carbocycles. The van der Waals surface area contributed by atoms with Crippen molar-refractivity contribution >= 4 is 27.5 Å². The zero-order valence-corrected chi connectivity index (χ0v) is 15.2. The number of nitrogens with zero attached hydrogens (tertiary/aromatic N) is 4.